The molecular formula is C12H16O2. The lowest BCUT2D eigenvalue weighted by atomic mass is 9.83. The largest absolute Gasteiger partial charge is 0.508 e. The second kappa shape index (κ2) is 4.01. The quantitative estimate of drug-likeness (QED) is 0.780. The van der Waals surface area contributed by atoms with Crippen LogP contribution < -0.4 is 0 Å². The Kier molecular flexibility index (Phi) is 2.73. The van der Waals surface area contributed by atoms with Crippen molar-refractivity contribution in [2.45, 2.75) is 25.2 Å². The van der Waals surface area contributed by atoms with Gasteiger partial charge in [-0.25, -0.2) is 0 Å². The van der Waals surface area contributed by atoms with E-state index < -0.39 is 0 Å². The van der Waals surface area contributed by atoms with E-state index in [4.69, 9.17) is 4.74 Å². The Bertz CT molecular complexity index is 320. The highest BCUT2D eigenvalue weighted by atomic mass is 16.5. The summed E-state index contributed by atoms with van der Waals surface area (Å²) in [7, 11) is 1.73. The Morgan fingerprint density at radius 1 is 1.50 bits per heavy atom. The lowest BCUT2D eigenvalue weighted by Gasteiger charge is -2.24. The molecular weight excluding hydrogens is 176 g/mol. The number of rotatable bonds is 2. The number of hydrogen-bond donors (Lipinski definition) is 1. The second-order valence-corrected chi connectivity index (χ2v) is 3.93. The Morgan fingerprint density at radius 3 is 3.14 bits per heavy atom. The molecule has 2 rings (SSSR count). The molecule has 14 heavy (non-hydrogen) atoms. The highest BCUT2D eigenvalue weighted by Crippen LogP contribution is 2.33. The van der Waals surface area contributed by atoms with Gasteiger partial charge in [0.25, 0.3) is 0 Å². The molecule has 0 aromatic heterocycles. The van der Waals surface area contributed by atoms with Gasteiger partial charge in [0.2, 0.25) is 0 Å². The van der Waals surface area contributed by atoms with Crippen molar-refractivity contribution in [3.8, 4) is 5.75 Å². The van der Waals surface area contributed by atoms with Crippen molar-refractivity contribution in [1.29, 1.82) is 0 Å². The minimum absolute atomic E-state index is 0.367. The van der Waals surface area contributed by atoms with E-state index in [9.17, 15) is 5.11 Å². The van der Waals surface area contributed by atoms with Crippen LogP contribution in [0.2, 0.25) is 0 Å². The van der Waals surface area contributed by atoms with Crippen molar-refractivity contribution in [1.82, 2.24) is 0 Å². The first-order chi connectivity index (χ1) is 6.81. The number of aromatic hydroxyl groups is 1. The van der Waals surface area contributed by atoms with Crippen molar-refractivity contribution in [2.75, 3.05) is 13.7 Å². The number of phenolic OH excluding ortho intramolecular Hbond substituents is 1. The molecule has 0 spiro atoms. The van der Waals surface area contributed by atoms with Gasteiger partial charge in [-0.1, -0.05) is 6.07 Å². The summed E-state index contributed by atoms with van der Waals surface area (Å²) in [5.41, 5.74) is 2.65. The number of ether oxygens (including phenoxy) is 1. The van der Waals surface area contributed by atoms with Gasteiger partial charge in [-0.05, 0) is 42.5 Å². The zero-order valence-corrected chi connectivity index (χ0v) is 8.49. The van der Waals surface area contributed by atoms with Crippen LogP contribution in [-0.2, 0) is 11.2 Å². The highest BCUT2D eigenvalue weighted by Gasteiger charge is 2.20. The molecule has 1 atom stereocenters. The van der Waals surface area contributed by atoms with E-state index in [0.29, 0.717) is 11.7 Å². The van der Waals surface area contributed by atoms with Crippen LogP contribution in [0.4, 0.5) is 0 Å². The number of fused-ring (bicyclic) bond motifs is 1. The van der Waals surface area contributed by atoms with Gasteiger partial charge in [-0.3, -0.25) is 0 Å². The number of benzene rings is 1. The average molecular weight is 192 g/mol. The molecule has 0 radical (unpaired) electrons. The minimum Gasteiger partial charge on any atom is -0.508 e. The van der Waals surface area contributed by atoms with E-state index in [-0.39, 0.29) is 0 Å². The maximum absolute atomic E-state index is 9.43. The number of methoxy groups -OCH3 is 1. The Labute approximate surface area is 84.5 Å². The van der Waals surface area contributed by atoms with Crippen LogP contribution in [0.25, 0.3) is 0 Å². The molecule has 0 aliphatic heterocycles. The average Bonchev–Trinajstić information content (AvgIpc) is 2.19. The molecule has 1 aliphatic carbocycles. The zero-order chi connectivity index (χ0) is 9.97. The van der Waals surface area contributed by atoms with Gasteiger partial charge in [-0.15, -0.1) is 0 Å². The second-order valence-electron chi connectivity index (χ2n) is 3.93. The first-order valence-electron chi connectivity index (χ1n) is 5.12. The van der Waals surface area contributed by atoms with Gasteiger partial charge in [-0.2, -0.15) is 0 Å². The van der Waals surface area contributed by atoms with Crippen LogP contribution in [0.1, 0.15) is 29.9 Å². The summed E-state index contributed by atoms with van der Waals surface area (Å²) in [5, 5.41) is 9.43. The zero-order valence-electron chi connectivity index (χ0n) is 8.49. The molecule has 0 heterocycles. The Morgan fingerprint density at radius 2 is 2.36 bits per heavy atom. The van der Waals surface area contributed by atoms with Gasteiger partial charge in [0, 0.05) is 13.0 Å². The first-order valence-corrected chi connectivity index (χ1v) is 5.12. The van der Waals surface area contributed by atoms with Crippen molar-refractivity contribution in [3.05, 3.63) is 29.3 Å². The summed E-state index contributed by atoms with van der Waals surface area (Å²) >= 11 is 0. The van der Waals surface area contributed by atoms with Crippen LogP contribution >= 0.6 is 0 Å². The van der Waals surface area contributed by atoms with Crippen LogP contribution in [-0.4, -0.2) is 18.8 Å². The van der Waals surface area contributed by atoms with Gasteiger partial charge < -0.3 is 9.84 Å². The molecule has 0 saturated heterocycles. The summed E-state index contributed by atoms with van der Waals surface area (Å²) < 4.78 is 5.20. The van der Waals surface area contributed by atoms with E-state index in [1.54, 1.807) is 13.2 Å². The third kappa shape index (κ3) is 1.75. The summed E-state index contributed by atoms with van der Waals surface area (Å²) in [6.07, 6.45) is 3.53. The lowest BCUT2D eigenvalue weighted by molar-refractivity contribution is 0.172. The molecule has 0 amide bonds. The molecule has 1 aromatic rings. The molecule has 2 heteroatoms. The maximum atomic E-state index is 9.43. The van der Waals surface area contributed by atoms with Gasteiger partial charge >= 0.3 is 0 Å². The normalized spacial score (nSPS) is 20.5. The Balaban J connectivity index is 2.32. The summed E-state index contributed by atoms with van der Waals surface area (Å²) in [6.45, 7) is 0.760. The monoisotopic (exact) mass is 192 g/mol. The minimum atomic E-state index is 0.367. The molecule has 1 N–H and O–H groups in total. The Hall–Kier alpha value is -1.02. The predicted molar refractivity (Wildman–Crippen MR) is 55.7 cm³/mol. The van der Waals surface area contributed by atoms with Crippen LogP contribution in [0.5, 0.6) is 5.75 Å². The standard InChI is InChI=1S/C12H16O2/c1-14-8-10-4-2-3-9-5-6-11(13)7-12(9)10/h5-7,10,13H,2-4,8H2,1H3. The smallest absolute Gasteiger partial charge is 0.115 e. The topological polar surface area (TPSA) is 29.5 Å². The van der Waals surface area contributed by atoms with Crippen molar-refractivity contribution >= 4 is 0 Å². The molecule has 76 valence electrons. The summed E-state index contributed by atoms with van der Waals surface area (Å²) in [6, 6.07) is 5.69. The van der Waals surface area contributed by atoms with Gasteiger partial charge in [0.1, 0.15) is 5.75 Å². The van der Waals surface area contributed by atoms with E-state index >= 15 is 0 Å². The molecule has 1 unspecified atom stereocenters. The highest BCUT2D eigenvalue weighted by molar-refractivity contribution is 5.38. The third-order valence-corrected chi connectivity index (χ3v) is 2.94. The summed E-state index contributed by atoms with van der Waals surface area (Å²) in [5.74, 6) is 0.836. The SMILES string of the molecule is COCC1CCCc2ccc(O)cc21. The fraction of sp³-hybridized carbons (Fsp3) is 0.500. The molecule has 1 aromatic carbocycles. The van der Waals surface area contributed by atoms with E-state index in [0.717, 1.165) is 13.0 Å². The fourth-order valence-corrected chi connectivity index (χ4v) is 2.26. The van der Waals surface area contributed by atoms with Crippen molar-refractivity contribution in [2.24, 2.45) is 0 Å². The number of phenols is 1. The molecule has 0 fully saturated rings. The van der Waals surface area contributed by atoms with Crippen LogP contribution in [0.3, 0.4) is 0 Å². The maximum Gasteiger partial charge on any atom is 0.115 e. The lowest BCUT2D eigenvalue weighted by Crippen LogP contribution is -2.13. The van der Waals surface area contributed by atoms with Crippen molar-refractivity contribution in [3.63, 3.8) is 0 Å². The van der Waals surface area contributed by atoms with Gasteiger partial charge in [0.05, 0.1) is 6.61 Å². The van der Waals surface area contributed by atoms with Crippen molar-refractivity contribution < 1.29 is 9.84 Å². The van der Waals surface area contributed by atoms with E-state index in [1.165, 1.54) is 24.0 Å². The van der Waals surface area contributed by atoms with E-state index in [1.807, 2.05) is 12.1 Å². The molecule has 0 bridgehead atoms. The van der Waals surface area contributed by atoms with Crippen LogP contribution in [0, 0.1) is 0 Å². The van der Waals surface area contributed by atoms with Gasteiger partial charge in [0.15, 0.2) is 0 Å². The number of hydrogen-bond acceptors (Lipinski definition) is 2. The molecule has 0 saturated carbocycles. The summed E-state index contributed by atoms with van der Waals surface area (Å²) in [4.78, 5) is 0. The molecule has 2 nitrogen and oxygen atoms in total. The first kappa shape index (κ1) is 9.53. The van der Waals surface area contributed by atoms with Crippen LogP contribution in [0.15, 0.2) is 18.2 Å². The number of aryl methyl sites for hydroxylation is 1. The van der Waals surface area contributed by atoms with E-state index in [2.05, 4.69) is 0 Å². The predicted octanol–water partition coefficient (Wildman–Crippen LogP) is 2.46. The third-order valence-electron chi connectivity index (χ3n) is 2.94. The molecule has 1 aliphatic rings. The fourth-order valence-electron chi connectivity index (χ4n) is 2.26.